The van der Waals surface area contributed by atoms with E-state index in [4.69, 9.17) is 20.1 Å². The van der Waals surface area contributed by atoms with Gasteiger partial charge in [-0.15, -0.1) is 0 Å². The molecule has 0 aliphatic heterocycles. The zero-order chi connectivity index (χ0) is 11.0. The minimum absolute atomic E-state index is 0.0657. The average Bonchev–Trinajstić information content (AvgIpc) is 2.17. The van der Waals surface area contributed by atoms with Gasteiger partial charge < -0.3 is 21.1 Å². The van der Waals surface area contributed by atoms with Crippen LogP contribution in [0.15, 0.2) is 18.3 Å². The van der Waals surface area contributed by atoms with Crippen LogP contribution in [0.3, 0.4) is 0 Å². The molecule has 0 aliphatic rings. The van der Waals surface area contributed by atoms with Crippen LogP contribution in [0, 0.1) is 0 Å². The maximum absolute atomic E-state index is 8.78. The van der Waals surface area contributed by atoms with Crippen LogP contribution >= 0.6 is 0 Å². The Morgan fingerprint density at radius 2 is 2.00 bits per heavy atom. The molecular weight excluding hydrogens is 188 g/mol. The fourth-order valence-corrected chi connectivity index (χ4v) is 0.758. The van der Waals surface area contributed by atoms with Crippen LogP contribution in [-0.2, 0) is 13.2 Å². The third-order valence-corrected chi connectivity index (χ3v) is 1.30. The Morgan fingerprint density at radius 3 is 2.36 bits per heavy atom. The predicted molar refractivity (Wildman–Crippen MR) is 48.3 cm³/mol. The summed E-state index contributed by atoms with van der Waals surface area (Å²) in [6.07, 6.45) is 0.255. The number of primary amides is 1. The smallest absolute Gasteiger partial charge is 0.402 e. The molecule has 6 nitrogen and oxygen atoms in total. The van der Waals surface area contributed by atoms with Crippen molar-refractivity contribution < 1.29 is 20.1 Å². The summed E-state index contributed by atoms with van der Waals surface area (Å²) in [4.78, 5) is 12.6. The van der Waals surface area contributed by atoms with E-state index in [0.29, 0.717) is 11.3 Å². The van der Waals surface area contributed by atoms with E-state index in [9.17, 15) is 0 Å². The van der Waals surface area contributed by atoms with Gasteiger partial charge in [0.15, 0.2) is 0 Å². The summed E-state index contributed by atoms with van der Waals surface area (Å²) in [6.45, 7) is -0.180. The van der Waals surface area contributed by atoms with Crippen molar-refractivity contribution in [3.05, 3.63) is 29.6 Å². The van der Waals surface area contributed by atoms with E-state index in [1.807, 2.05) is 0 Å². The molecule has 5 N–H and O–H groups in total. The molecule has 6 heteroatoms. The second kappa shape index (κ2) is 6.81. The van der Waals surface area contributed by atoms with Crippen LogP contribution in [0.1, 0.15) is 11.3 Å². The molecule has 0 atom stereocenters. The topological polar surface area (TPSA) is 117 Å². The number of aliphatic hydroxyl groups excluding tert-OH is 2. The lowest BCUT2D eigenvalue weighted by atomic mass is 10.2. The molecule has 0 aromatic carbocycles. The first-order valence-corrected chi connectivity index (χ1v) is 3.74. The molecule has 0 spiro atoms. The van der Waals surface area contributed by atoms with Crippen LogP contribution in [0.2, 0.25) is 0 Å². The van der Waals surface area contributed by atoms with Crippen molar-refractivity contribution in [2.75, 3.05) is 0 Å². The minimum atomic E-state index is -1.33. The number of carbonyl (C=O) groups is 1. The molecule has 78 valence electrons. The summed E-state index contributed by atoms with van der Waals surface area (Å²) in [7, 11) is 0. The van der Waals surface area contributed by atoms with E-state index in [2.05, 4.69) is 10.7 Å². The molecule has 0 aliphatic carbocycles. The number of aliphatic hydroxyl groups is 2. The number of amides is 1. The summed E-state index contributed by atoms with van der Waals surface area (Å²) < 4.78 is 0. The highest BCUT2D eigenvalue weighted by molar-refractivity contribution is 5.61. The highest BCUT2D eigenvalue weighted by Crippen LogP contribution is 2.03. The molecule has 1 heterocycles. The summed E-state index contributed by atoms with van der Waals surface area (Å²) in [5.41, 5.74) is 5.26. The zero-order valence-electron chi connectivity index (χ0n) is 7.42. The van der Waals surface area contributed by atoms with Crippen LogP contribution in [0.4, 0.5) is 4.79 Å². The predicted octanol–water partition coefficient (Wildman–Crippen LogP) is -0.311. The van der Waals surface area contributed by atoms with E-state index in [1.54, 1.807) is 18.3 Å². The Kier molecular flexibility index (Phi) is 6.01. The van der Waals surface area contributed by atoms with Gasteiger partial charge in [-0.05, 0) is 6.07 Å². The van der Waals surface area contributed by atoms with Crippen LogP contribution in [-0.4, -0.2) is 26.4 Å². The highest BCUT2D eigenvalue weighted by atomic mass is 16.4. The van der Waals surface area contributed by atoms with Gasteiger partial charge >= 0.3 is 6.09 Å². The van der Waals surface area contributed by atoms with Gasteiger partial charge in [-0.25, -0.2) is 4.79 Å². The molecule has 0 unspecified atom stereocenters. The van der Waals surface area contributed by atoms with Crippen molar-refractivity contribution in [2.45, 2.75) is 13.2 Å². The van der Waals surface area contributed by atoms with E-state index in [1.165, 1.54) is 0 Å². The standard InChI is InChI=1S/C7H9NO2.CH3NO2/c9-4-6-2-1-3-8-7(6)5-10;2-1(3)4/h1-3,9-10H,4-5H2;2H2,(H,3,4). The Balaban J connectivity index is 0.000000364. The summed E-state index contributed by atoms with van der Waals surface area (Å²) in [6, 6.07) is 3.46. The SMILES string of the molecule is NC(=O)O.OCc1cccnc1CO. The monoisotopic (exact) mass is 200 g/mol. The number of nitrogens with zero attached hydrogens (tertiary/aromatic N) is 1. The fourth-order valence-electron chi connectivity index (χ4n) is 0.758. The molecule has 0 saturated carbocycles. The van der Waals surface area contributed by atoms with Gasteiger partial charge in [0.05, 0.1) is 18.9 Å². The van der Waals surface area contributed by atoms with Gasteiger partial charge in [-0.1, -0.05) is 6.07 Å². The van der Waals surface area contributed by atoms with E-state index < -0.39 is 6.09 Å². The number of aromatic nitrogens is 1. The van der Waals surface area contributed by atoms with Crippen molar-refractivity contribution in [3.8, 4) is 0 Å². The first kappa shape index (κ1) is 12.3. The normalized spacial score (nSPS) is 8.71. The van der Waals surface area contributed by atoms with Crippen LogP contribution in [0.5, 0.6) is 0 Å². The Morgan fingerprint density at radius 1 is 1.43 bits per heavy atom. The first-order chi connectivity index (χ1) is 6.61. The molecule has 0 fully saturated rings. The lowest BCUT2D eigenvalue weighted by molar-refractivity contribution is 0.205. The molecule has 1 rings (SSSR count). The molecule has 14 heavy (non-hydrogen) atoms. The number of rotatable bonds is 2. The quantitative estimate of drug-likeness (QED) is 0.522. The second-order valence-electron chi connectivity index (χ2n) is 2.26. The molecule has 1 aromatic rings. The Labute approximate surface area is 80.6 Å². The lowest BCUT2D eigenvalue weighted by Crippen LogP contribution is -2.03. The summed E-state index contributed by atoms with van der Waals surface area (Å²) >= 11 is 0. The Hall–Kier alpha value is -1.66. The largest absolute Gasteiger partial charge is 0.465 e. The summed E-state index contributed by atoms with van der Waals surface area (Å²) in [5.74, 6) is 0. The van der Waals surface area contributed by atoms with Crippen LogP contribution < -0.4 is 5.73 Å². The van der Waals surface area contributed by atoms with Gasteiger partial charge in [-0.2, -0.15) is 0 Å². The fraction of sp³-hybridized carbons (Fsp3) is 0.250. The number of nitrogens with two attached hydrogens (primary N) is 1. The van der Waals surface area contributed by atoms with Crippen molar-refractivity contribution in [2.24, 2.45) is 5.73 Å². The summed E-state index contributed by atoms with van der Waals surface area (Å²) in [5, 5.41) is 24.6. The highest BCUT2D eigenvalue weighted by Gasteiger charge is 1.97. The Bertz CT molecular complexity index is 263. The number of hydrogen-bond acceptors (Lipinski definition) is 4. The third kappa shape index (κ3) is 5.07. The van der Waals surface area contributed by atoms with Gasteiger partial charge in [0.1, 0.15) is 0 Å². The molecule has 0 radical (unpaired) electrons. The van der Waals surface area contributed by atoms with E-state index >= 15 is 0 Å². The van der Waals surface area contributed by atoms with Crippen molar-refractivity contribution in [1.29, 1.82) is 0 Å². The van der Waals surface area contributed by atoms with Crippen molar-refractivity contribution in [3.63, 3.8) is 0 Å². The lowest BCUT2D eigenvalue weighted by Gasteiger charge is -1.99. The first-order valence-electron chi connectivity index (χ1n) is 3.74. The number of hydrogen-bond donors (Lipinski definition) is 4. The second-order valence-corrected chi connectivity index (χ2v) is 2.26. The van der Waals surface area contributed by atoms with Gasteiger partial charge in [0.25, 0.3) is 0 Å². The average molecular weight is 200 g/mol. The van der Waals surface area contributed by atoms with E-state index in [-0.39, 0.29) is 13.2 Å². The van der Waals surface area contributed by atoms with Crippen molar-refractivity contribution >= 4 is 6.09 Å². The van der Waals surface area contributed by atoms with Gasteiger partial charge in [0, 0.05) is 11.8 Å². The molecule has 0 bridgehead atoms. The number of pyridine rings is 1. The maximum atomic E-state index is 8.78. The van der Waals surface area contributed by atoms with Gasteiger partial charge in [-0.3, -0.25) is 4.98 Å². The minimum Gasteiger partial charge on any atom is -0.465 e. The molecule has 1 amide bonds. The zero-order valence-corrected chi connectivity index (χ0v) is 7.42. The third-order valence-electron chi connectivity index (χ3n) is 1.30. The van der Waals surface area contributed by atoms with Crippen molar-refractivity contribution in [1.82, 2.24) is 4.98 Å². The molecule has 1 aromatic heterocycles. The van der Waals surface area contributed by atoms with Crippen LogP contribution in [0.25, 0.3) is 0 Å². The maximum Gasteiger partial charge on any atom is 0.402 e. The van der Waals surface area contributed by atoms with Gasteiger partial charge in [0.2, 0.25) is 0 Å². The number of carboxylic acid groups (broad SMARTS) is 1. The molecular formula is C8H12N2O4. The van der Waals surface area contributed by atoms with E-state index in [0.717, 1.165) is 0 Å². The molecule has 0 saturated heterocycles.